The Labute approximate surface area is 255 Å². The van der Waals surface area contributed by atoms with Crippen LogP contribution in [-0.4, -0.2) is 0 Å². The van der Waals surface area contributed by atoms with E-state index in [1.807, 2.05) is 0 Å². The molecule has 204 valence electrons. The van der Waals surface area contributed by atoms with Crippen molar-refractivity contribution in [3.63, 3.8) is 0 Å². The number of fused-ring (bicyclic) bond motifs is 9. The van der Waals surface area contributed by atoms with Crippen molar-refractivity contribution in [1.29, 1.82) is 0 Å². The maximum absolute atomic E-state index is 2.48. The molecule has 0 amide bonds. The first-order chi connectivity index (χ1) is 21.8. The van der Waals surface area contributed by atoms with Crippen LogP contribution in [0.2, 0.25) is 0 Å². The molecule has 0 saturated heterocycles. The van der Waals surface area contributed by atoms with Gasteiger partial charge in [-0.1, -0.05) is 133 Å². The quantitative estimate of drug-likeness (QED) is 0.189. The third-order valence-corrected chi connectivity index (χ3v) is 9.95. The van der Waals surface area contributed by atoms with Crippen molar-refractivity contribution in [2.24, 2.45) is 0 Å². The molecule has 0 saturated carbocycles. The van der Waals surface area contributed by atoms with Gasteiger partial charge in [0.25, 0.3) is 0 Å². The van der Waals surface area contributed by atoms with Gasteiger partial charge in [0.1, 0.15) is 0 Å². The van der Waals surface area contributed by atoms with Gasteiger partial charge in [-0.15, -0.1) is 0 Å². The van der Waals surface area contributed by atoms with E-state index in [2.05, 4.69) is 146 Å². The van der Waals surface area contributed by atoms with Crippen LogP contribution >= 0.6 is 0 Å². The van der Waals surface area contributed by atoms with Crippen LogP contribution in [0.15, 0.2) is 146 Å². The van der Waals surface area contributed by atoms with Crippen LogP contribution in [0.4, 0.5) is 0 Å². The van der Waals surface area contributed by atoms with Crippen LogP contribution in [0.25, 0.3) is 75.4 Å². The topological polar surface area (TPSA) is 0 Å². The summed E-state index contributed by atoms with van der Waals surface area (Å²) in [5.41, 5.74) is 5.42. The van der Waals surface area contributed by atoms with E-state index in [9.17, 15) is 0 Å². The summed E-state index contributed by atoms with van der Waals surface area (Å²) in [7, 11) is 0. The van der Waals surface area contributed by atoms with Crippen molar-refractivity contribution in [2.75, 3.05) is 0 Å². The van der Waals surface area contributed by atoms with Gasteiger partial charge in [0, 0.05) is 0 Å². The fraction of sp³-hybridized carbons (Fsp3) is 0.0455. The van der Waals surface area contributed by atoms with Crippen molar-refractivity contribution in [3.8, 4) is 0 Å². The van der Waals surface area contributed by atoms with Crippen LogP contribution in [0.1, 0.15) is 22.3 Å². The smallest absolute Gasteiger partial charge is 0.00199 e. The fourth-order valence-corrected chi connectivity index (χ4v) is 8.02. The second-order valence-corrected chi connectivity index (χ2v) is 12.5. The lowest BCUT2D eigenvalue weighted by Gasteiger charge is -2.10. The molecule has 0 N–H and O–H groups in total. The van der Waals surface area contributed by atoms with E-state index in [1.165, 1.54) is 97.7 Å². The largest absolute Gasteiger partial charge is 0.0622 e. The lowest BCUT2D eigenvalue weighted by Crippen LogP contribution is -1.86. The third kappa shape index (κ3) is 3.40. The van der Waals surface area contributed by atoms with E-state index in [4.69, 9.17) is 0 Å². The second kappa shape index (κ2) is 9.02. The molecule has 10 aromatic rings. The summed E-state index contributed by atoms with van der Waals surface area (Å²) < 4.78 is 0. The van der Waals surface area contributed by atoms with Crippen LogP contribution in [0.3, 0.4) is 0 Å². The minimum atomic E-state index is 0.950. The highest BCUT2D eigenvalue weighted by Crippen LogP contribution is 2.47. The van der Waals surface area contributed by atoms with Gasteiger partial charge in [0.2, 0.25) is 0 Å². The van der Waals surface area contributed by atoms with Crippen molar-refractivity contribution in [3.05, 3.63) is 168 Å². The summed E-state index contributed by atoms with van der Waals surface area (Å²) in [6.07, 6.45) is 1.90. The van der Waals surface area contributed by atoms with Gasteiger partial charge in [-0.25, -0.2) is 0 Å². The van der Waals surface area contributed by atoms with Crippen LogP contribution in [0.5, 0.6) is 0 Å². The first-order valence-corrected chi connectivity index (χ1v) is 15.6. The van der Waals surface area contributed by atoms with Gasteiger partial charge in [0.05, 0.1) is 0 Å². The average Bonchev–Trinajstić information content (AvgIpc) is 3.56. The Morgan fingerprint density at radius 2 is 0.614 bits per heavy atom. The molecule has 10 rings (SSSR count). The molecule has 0 nitrogen and oxygen atoms in total. The van der Waals surface area contributed by atoms with Crippen molar-refractivity contribution in [2.45, 2.75) is 12.8 Å². The minimum absolute atomic E-state index is 0.950. The summed E-state index contributed by atoms with van der Waals surface area (Å²) in [5.74, 6) is 0. The van der Waals surface area contributed by atoms with E-state index in [1.54, 1.807) is 0 Å². The molecule has 0 spiro atoms. The SMILES string of the molecule is c1ccc(Cc2ccc3c(c2)c2cccc4c5cc6c7ccc(Cc8ccccc8)cc7c7cccc(c5cc3c24)c76)cc1. The van der Waals surface area contributed by atoms with E-state index in [0.717, 1.165) is 12.8 Å². The van der Waals surface area contributed by atoms with E-state index in [0.29, 0.717) is 0 Å². The zero-order valence-corrected chi connectivity index (χ0v) is 24.3. The van der Waals surface area contributed by atoms with Gasteiger partial charge in [-0.05, 0) is 123 Å². The average molecular weight is 557 g/mol. The van der Waals surface area contributed by atoms with Crippen LogP contribution < -0.4 is 0 Å². The normalized spacial score (nSPS) is 12.3. The molecular weight excluding hydrogens is 528 g/mol. The number of hydrogen-bond acceptors (Lipinski definition) is 0. The summed E-state index contributed by atoms with van der Waals surface area (Å²) in [4.78, 5) is 0. The summed E-state index contributed by atoms with van der Waals surface area (Å²) in [5, 5.41) is 19.1. The van der Waals surface area contributed by atoms with Gasteiger partial charge in [0.15, 0.2) is 0 Å². The lowest BCUT2D eigenvalue weighted by atomic mass is 9.93. The predicted molar refractivity (Wildman–Crippen MR) is 190 cm³/mol. The molecule has 0 heteroatoms. The Morgan fingerprint density at radius 1 is 0.227 bits per heavy atom. The summed E-state index contributed by atoms with van der Waals surface area (Å²) >= 11 is 0. The Kier molecular flexibility index (Phi) is 4.93. The van der Waals surface area contributed by atoms with E-state index in [-0.39, 0.29) is 0 Å². The molecule has 0 radical (unpaired) electrons. The molecule has 0 aliphatic heterocycles. The Bertz CT molecular complexity index is 2490. The third-order valence-electron chi connectivity index (χ3n) is 9.95. The molecule has 0 fully saturated rings. The highest BCUT2D eigenvalue weighted by molar-refractivity contribution is 6.40. The minimum Gasteiger partial charge on any atom is -0.0622 e. The van der Waals surface area contributed by atoms with Crippen molar-refractivity contribution < 1.29 is 0 Å². The lowest BCUT2D eigenvalue weighted by molar-refractivity contribution is 1.20. The number of hydrogen-bond donors (Lipinski definition) is 0. The molecule has 0 atom stereocenters. The summed E-state index contributed by atoms with van der Waals surface area (Å²) in [6, 6.07) is 54.6. The van der Waals surface area contributed by atoms with Crippen LogP contribution in [-0.2, 0) is 12.8 Å². The molecule has 0 aliphatic rings. The maximum Gasteiger partial charge on any atom is -0.00199 e. The van der Waals surface area contributed by atoms with Gasteiger partial charge < -0.3 is 0 Å². The van der Waals surface area contributed by atoms with Gasteiger partial charge in [-0.3, -0.25) is 0 Å². The highest BCUT2D eigenvalue weighted by atomic mass is 14.2. The Hall–Kier alpha value is -5.46. The molecule has 0 aliphatic carbocycles. The monoisotopic (exact) mass is 556 g/mol. The Balaban J connectivity index is 1.24. The predicted octanol–water partition coefficient (Wildman–Crippen LogP) is 11.8. The summed E-state index contributed by atoms with van der Waals surface area (Å²) in [6.45, 7) is 0. The molecule has 10 aromatic carbocycles. The van der Waals surface area contributed by atoms with Crippen molar-refractivity contribution >= 4 is 75.4 Å². The zero-order chi connectivity index (χ0) is 28.8. The molecule has 0 aromatic heterocycles. The van der Waals surface area contributed by atoms with Gasteiger partial charge in [-0.2, -0.15) is 0 Å². The van der Waals surface area contributed by atoms with Crippen LogP contribution in [0, 0.1) is 0 Å². The zero-order valence-electron chi connectivity index (χ0n) is 24.3. The standard InChI is InChI=1S/C44H28/c1-3-9-27(10-4-1)21-29-17-19-31-37(23-29)33-13-7-15-35-40-26-42-32-20-18-30(22-28-11-5-2-6-12-28)24-38(32)34-14-8-16-36(44(34)42)39(40)25-41(31)43(33)35/h1-20,23-26H,21-22H2. The first-order valence-electron chi connectivity index (χ1n) is 15.6. The highest BCUT2D eigenvalue weighted by Gasteiger charge is 2.19. The van der Waals surface area contributed by atoms with E-state index < -0.39 is 0 Å². The fourth-order valence-electron chi connectivity index (χ4n) is 8.02. The first kappa shape index (κ1) is 24.0. The molecule has 0 heterocycles. The van der Waals surface area contributed by atoms with Crippen molar-refractivity contribution in [1.82, 2.24) is 0 Å². The number of benzene rings is 8. The molecule has 0 bridgehead atoms. The maximum atomic E-state index is 2.48. The van der Waals surface area contributed by atoms with Gasteiger partial charge >= 0.3 is 0 Å². The van der Waals surface area contributed by atoms with E-state index >= 15 is 0 Å². The molecule has 0 unspecified atom stereocenters. The molecular formula is C44H28. The number of rotatable bonds is 4. The Morgan fingerprint density at radius 3 is 1.02 bits per heavy atom. The second-order valence-electron chi connectivity index (χ2n) is 12.5. The molecule has 44 heavy (non-hydrogen) atoms.